The highest BCUT2D eigenvalue weighted by Gasteiger charge is 2.27. The minimum Gasteiger partial charge on any atom is -0.462 e. The number of carbonyl (C=O) groups excluding carboxylic acids is 2. The average molecular weight is 996 g/mol. The number of quaternary nitrogens is 1. The van der Waals surface area contributed by atoms with Gasteiger partial charge in [0, 0.05) is 12.8 Å². The van der Waals surface area contributed by atoms with Crippen molar-refractivity contribution in [1.82, 2.24) is 0 Å². The van der Waals surface area contributed by atoms with Crippen molar-refractivity contribution in [2.75, 3.05) is 47.5 Å². The van der Waals surface area contributed by atoms with Gasteiger partial charge in [0.05, 0.1) is 27.7 Å². The molecule has 69 heavy (non-hydrogen) atoms. The van der Waals surface area contributed by atoms with Crippen molar-refractivity contribution in [3.05, 3.63) is 36.5 Å². The third-order valence-electron chi connectivity index (χ3n) is 12.9. The summed E-state index contributed by atoms with van der Waals surface area (Å²) in [6.07, 6.45) is 62.1. The van der Waals surface area contributed by atoms with Crippen LogP contribution in [0.1, 0.15) is 277 Å². The summed E-state index contributed by atoms with van der Waals surface area (Å²) in [7, 11) is 1.48. The number of nitrogens with zero attached hydrogens (tertiary/aromatic N) is 1. The van der Waals surface area contributed by atoms with Crippen molar-refractivity contribution in [2.45, 2.75) is 283 Å². The third kappa shape index (κ3) is 55.4. The van der Waals surface area contributed by atoms with E-state index in [0.717, 1.165) is 38.5 Å². The van der Waals surface area contributed by atoms with Crippen molar-refractivity contribution in [1.29, 1.82) is 0 Å². The van der Waals surface area contributed by atoms with E-state index in [4.69, 9.17) is 18.5 Å². The highest BCUT2D eigenvalue weighted by Crippen LogP contribution is 2.43. The molecule has 2 atom stereocenters. The molecule has 1 N–H and O–H groups in total. The molecule has 2 unspecified atom stereocenters. The standard InChI is InChI=1S/C59H112NO8P/c1-6-8-10-12-14-16-18-20-22-24-26-27-28-29-30-31-32-33-34-36-38-40-42-44-46-48-50-52-59(62)68-57(56-67-69(63,64)66-54-53-60(3,4)5)55-65-58(61)51-49-47-45-43-41-39-37-35-25-23-21-19-17-15-13-11-9-7-2/h18,20,23-26,57H,6-17,19,21-22,27-56H2,1-5H3/p+1/b20-18-,25-23-,26-24-. The van der Waals surface area contributed by atoms with E-state index in [1.807, 2.05) is 21.1 Å². The monoisotopic (exact) mass is 995 g/mol. The van der Waals surface area contributed by atoms with E-state index < -0.39 is 26.5 Å². The molecule has 0 aromatic heterocycles. The summed E-state index contributed by atoms with van der Waals surface area (Å²) in [6.45, 7) is 4.45. The fourth-order valence-electron chi connectivity index (χ4n) is 8.34. The molecule has 0 aromatic carbocycles. The minimum absolute atomic E-state index is 0.0322. The summed E-state index contributed by atoms with van der Waals surface area (Å²) in [5, 5.41) is 0. The molecule has 0 heterocycles. The van der Waals surface area contributed by atoms with Gasteiger partial charge in [0.25, 0.3) is 0 Å². The van der Waals surface area contributed by atoms with E-state index in [0.29, 0.717) is 17.4 Å². The van der Waals surface area contributed by atoms with E-state index >= 15 is 0 Å². The maximum atomic E-state index is 12.8. The van der Waals surface area contributed by atoms with Crippen molar-refractivity contribution in [3.8, 4) is 0 Å². The highest BCUT2D eigenvalue weighted by molar-refractivity contribution is 7.47. The van der Waals surface area contributed by atoms with Gasteiger partial charge in [-0.1, -0.05) is 230 Å². The molecule has 0 bridgehead atoms. The Balaban J connectivity index is 4.12. The van der Waals surface area contributed by atoms with Crippen LogP contribution in [0.5, 0.6) is 0 Å². The molecule has 406 valence electrons. The molecule has 0 aliphatic rings. The van der Waals surface area contributed by atoms with Gasteiger partial charge in [-0.05, 0) is 70.6 Å². The lowest BCUT2D eigenvalue weighted by Gasteiger charge is -2.24. The van der Waals surface area contributed by atoms with Crippen LogP contribution in [-0.4, -0.2) is 74.9 Å². The number of hydrogen-bond donors (Lipinski definition) is 1. The zero-order valence-electron chi connectivity index (χ0n) is 46.1. The van der Waals surface area contributed by atoms with Gasteiger partial charge >= 0.3 is 19.8 Å². The number of rotatable bonds is 54. The number of unbranched alkanes of at least 4 members (excludes halogenated alkanes) is 34. The second-order valence-corrected chi connectivity index (χ2v) is 22.5. The summed E-state index contributed by atoms with van der Waals surface area (Å²) < 4.78 is 34.6. The molecule has 0 saturated heterocycles. The third-order valence-corrected chi connectivity index (χ3v) is 13.9. The molecular weight excluding hydrogens is 882 g/mol. The molecule has 0 amide bonds. The normalized spacial score (nSPS) is 13.5. The number of esters is 2. The van der Waals surface area contributed by atoms with Crippen LogP contribution in [0.15, 0.2) is 36.5 Å². The second-order valence-electron chi connectivity index (χ2n) is 21.0. The maximum absolute atomic E-state index is 12.8. The molecule has 10 heteroatoms. The smallest absolute Gasteiger partial charge is 0.462 e. The van der Waals surface area contributed by atoms with E-state index in [1.54, 1.807) is 0 Å². The Morgan fingerprint density at radius 3 is 1.16 bits per heavy atom. The van der Waals surface area contributed by atoms with Crippen LogP contribution >= 0.6 is 7.82 Å². The first-order valence-corrected chi connectivity index (χ1v) is 30.7. The summed E-state index contributed by atoms with van der Waals surface area (Å²) in [4.78, 5) is 35.7. The lowest BCUT2D eigenvalue weighted by atomic mass is 10.0. The Morgan fingerprint density at radius 2 is 0.783 bits per heavy atom. The summed E-state index contributed by atoms with van der Waals surface area (Å²) >= 11 is 0. The topological polar surface area (TPSA) is 108 Å². The number of likely N-dealkylation sites (N-methyl/N-ethyl adjacent to an activating group) is 1. The Labute approximate surface area is 427 Å². The number of carbonyl (C=O) groups is 2. The van der Waals surface area contributed by atoms with Crippen LogP contribution in [0.2, 0.25) is 0 Å². The number of ether oxygens (including phenoxy) is 2. The van der Waals surface area contributed by atoms with Crippen LogP contribution < -0.4 is 0 Å². The van der Waals surface area contributed by atoms with Gasteiger partial charge in [-0.25, -0.2) is 4.57 Å². The van der Waals surface area contributed by atoms with Gasteiger partial charge in [0.2, 0.25) is 0 Å². The molecule has 0 radical (unpaired) electrons. The average Bonchev–Trinajstić information content (AvgIpc) is 3.31. The van der Waals surface area contributed by atoms with Gasteiger partial charge in [-0.2, -0.15) is 0 Å². The summed E-state index contributed by atoms with van der Waals surface area (Å²) in [5.74, 6) is -0.791. The van der Waals surface area contributed by atoms with Crippen molar-refractivity contribution in [3.63, 3.8) is 0 Å². The van der Waals surface area contributed by atoms with E-state index in [2.05, 4.69) is 50.3 Å². The van der Waals surface area contributed by atoms with E-state index in [1.165, 1.54) is 205 Å². The first kappa shape index (κ1) is 67.2. The van der Waals surface area contributed by atoms with Gasteiger partial charge < -0.3 is 18.9 Å². The molecule has 9 nitrogen and oxygen atoms in total. The lowest BCUT2D eigenvalue weighted by Crippen LogP contribution is -2.37. The predicted molar refractivity (Wildman–Crippen MR) is 294 cm³/mol. The van der Waals surface area contributed by atoms with Crippen molar-refractivity contribution in [2.24, 2.45) is 0 Å². The van der Waals surface area contributed by atoms with E-state index in [9.17, 15) is 19.0 Å². The molecular formula is C59H113NO8P+. The minimum atomic E-state index is -4.38. The Morgan fingerprint density at radius 1 is 0.449 bits per heavy atom. The number of hydrogen-bond acceptors (Lipinski definition) is 7. The zero-order chi connectivity index (χ0) is 50.6. The quantitative estimate of drug-likeness (QED) is 0.0211. The lowest BCUT2D eigenvalue weighted by molar-refractivity contribution is -0.870. The van der Waals surface area contributed by atoms with Crippen molar-refractivity contribution >= 4 is 19.8 Å². The van der Waals surface area contributed by atoms with Crippen LogP contribution in [0.3, 0.4) is 0 Å². The Kier molecular flexibility index (Phi) is 49.8. The van der Waals surface area contributed by atoms with Gasteiger partial charge in [-0.15, -0.1) is 0 Å². The SMILES string of the molecule is CCCCCCC/C=C\C/C=C\CCCCCCCCCCCCCCCCCC(=O)OC(COC(=O)CCCCCCCCC/C=C\CCCCCCCCC)COP(=O)(O)OCC[N+](C)(C)C. The largest absolute Gasteiger partial charge is 0.472 e. The Bertz CT molecular complexity index is 1260. The molecule has 0 aromatic rings. The number of phosphoric acid groups is 1. The van der Waals surface area contributed by atoms with E-state index in [-0.39, 0.29) is 32.0 Å². The summed E-state index contributed by atoms with van der Waals surface area (Å²) in [6, 6.07) is 0. The second kappa shape index (κ2) is 51.1. The van der Waals surface area contributed by atoms with Crippen LogP contribution in [0, 0.1) is 0 Å². The molecule has 0 rings (SSSR count). The Hall–Kier alpha value is -1.77. The van der Waals surface area contributed by atoms with Gasteiger partial charge in [-0.3, -0.25) is 18.6 Å². The molecule has 0 aliphatic carbocycles. The van der Waals surface area contributed by atoms with Crippen molar-refractivity contribution < 1.29 is 42.1 Å². The number of phosphoric ester groups is 1. The predicted octanol–water partition coefficient (Wildman–Crippen LogP) is 18.0. The van der Waals surface area contributed by atoms with Crippen LogP contribution in [-0.2, 0) is 32.7 Å². The first-order chi connectivity index (χ1) is 33.5. The number of allylic oxidation sites excluding steroid dienone is 6. The first-order valence-electron chi connectivity index (χ1n) is 29.2. The molecule has 0 aliphatic heterocycles. The van der Waals surface area contributed by atoms with Gasteiger partial charge in [0.15, 0.2) is 6.10 Å². The molecule has 0 spiro atoms. The van der Waals surface area contributed by atoms with Crippen LogP contribution in [0.4, 0.5) is 0 Å². The molecule has 0 saturated carbocycles. The zero-order valence-corrected chi connectivity index (χ0v) is 47.0. The summed E-state index contributed by atoms with van der Waals surface area (Å²) in [5.41, 5.74) is 0. The maximum Gasteiger partial charge on any atom is 0.472 e. The highest BCUT2D eigenvalue weighted by atomic mass is 31.2. The molecule has 0 fully saturated rings. The van der Waals surface area contributed by atoms with Gasteiger partial charge in [0.1, 0.15) is 19.8 Å². The fourth-order valence-corrected chi connectivity index (χ4v) is 9.08. The fraction of sp³-hybridized carbons (Fsp3) is 0.864. The van der Waals surface area contributed by atoms with Crippen LogP contribution in [0.25, 0.3) is 0 Å².